The molecule has 1 aromatic heterocycles. The zero-order valence-corrected chi connectivity index (χ0v) is 12.8. The van der Waals surface area contributed by atoms with E-state index in [9.17, 15) is 9.90 Å². The predicted molar refractivity (Wildman–Crippen MR) is 75.9 cm³/mol. The fourth-order valence-electron chi connectivity index (χ4n) is 2.52. The summed E-state index contributed by atoms with van der Waals surface area (Å²) in [5.41, 5.74) is 0.709. The lowest BCUT2D eigenvalue weighted by Crippen LogP contribution is -2.51. The van der Waals surface area contributed by atoms with Crippen LogP contribution in [-0.2, 0) is 4.74 Å². The van der Waals surface area contributed by atoms with Gasteiger partial charge in [-0.05, 0) is 36.7 Å². The number of nitrogens with zero attached hydrogens (tertiary/aromatic N) is 2. The van der Waals surface area contributed by atoms with E-state index in [-0.39, 0.29) is 24.0 Å². The summed E-state index contributed by atoms with van der Waals surface area (Å²) in [6, 6.07) is -0.275. The molecule has 1 aliphatic carbocycles. The molecule has 0 aliphatic heterocycles. The third-order valence-electron chi connectivity index (χ3n) is 3.68. The third kappa shape index (κ3) is 3.16. The highest BCUT2D eigenvalue weighted by atomic mass is 32.1. The summed E-state index contributed by atoms with van der Waals surface area (Å²) in [4.78, 5) is 12.8. The average Bonchev–Trinajstić information content (AvgIpc) is 2.90. The maximum Gasteiger partial charge on any atom is 0.265 e. The van der Waals surface area contributed by atoms with Crippen LogP contribution in [0.4, 0.5) is 0 Å². The van der Waals surface area contributed by atoms with Crippen molar-refractivity contribution in [2.75, 3.05) is 7.11 Å². The molecule has 1 aromatic rings. The quantitative estimate of drug-likeness (QED) is 0.876. The molecule has 0 spiro atoms. The number of hydrogen-bond acceptors (Lipinski definition) is 6. The number of rotatable bonds is 4. The van der Waals surface area contributed by atoms with E-state index in [0.717, 1.165) is 30.8 Å². The van der Waals surface area contributed by atoms with E-state index < -0.39 is 6.10 Å². The van der Waals surface area contributed by atoms with Crippen molar-refractivity contribution in [1.29, 1.82) is 0 Å². The van der Waals surface area contributed by atoms with Crippen molar-refractivity contribution in [3.63, 3.8) is 0 Å². The Morgan fingerprint density at radius 2 is 2.25 bits per heavy atom. The first-order chi connectivity index (χ1) is 9.54. The molecule has 1 aliphatic rings. The summed E-state index contributed by atoms with van der Waals surface area (Å²) >= 11 is 1.10. The van der Waals surface area contributed by atoms with E-state index in [2.05, 4.69) is 14.9 Å². The molecule has 20 heavy (non-hydrogen) atoms. The maximum absolute atomic E-state index is 12.3. The summed E-state index contributed by atoms with van der Waals surface area (Å²) in [7, 11) is 1.59. The van der Waals surface area contributed by atoms with E-state index in [1.807, 2.05) is 13.8 Å². The van der Waals surface area contributed by atoms with Gasteiger partial charge in [0.15, 0.2) is 0 Å². The summed E-state index contributed by atoms with van der Waals surface area (Å²) < 4.78 is 9.10. The van der Waals surface area contributed by atoms with Crippen LogP contribution in [0.3, 0.4) is 0 Å². The molecule has 112 valence electrons. The van der Waals surface area contributed by atoms with Gasteiger partial charge in [0.05, 0.1) is 17.8 Å². The zero-order valence-electron chi connectivity index (χ0n) is 12.0. The molecule has 2 rings (SSSR count). The van der Waals surface area contributed by atoms with Gasteiger partial charge in [-0.3, -0.25) is 4.79 Å². The van der Waals surface area contributed by atoms with Gasteiger partial charge in [0.2, 0.25) is 0 Å². The topological polar surface area (TPSA) is 84.3 Å². The van der Waals surface area contributed by atoms with Crippen molar-refractivity contribution in [2.24, 2.45) is 0 Å². The van der Waals surface area contributed by atoms with Crippen LogP contribution in [0, 0.1) is 0 Å². The van der Waals surface area contributed by atoms with Crippen molar-refractivity contribution in [2.45, 2.75) is 57.3 Å². The largest absolute Gasteiger partial charge is 0.388 e. The lowest BCUT2D eigenvalue weighted by molar-refractivity contribution is -0.0513. The molecule has 0 radical (unpaired) electrons. The maximum atomic E-state index is 12.3. The number of methoxy groups -OCH3 is 1. The van der Waals surface area contributed by atoms with Crippen LogP contribution in [0.25, 0.3) is 0 Å². The number of aliphatic hydroxyl groups is 1. The second-order valence-corrected chi connectivity index (χ2v) is 6.17. The Labute approximate surface area is 122 Å². The molecular weight excluding hydrogens is 278 g/mol. The van der Waals surface area contributed by atoms with Crippen LogP contribution in [0.5, 0.6) is 0 Å². The van der Waals surface area contributed by atoms with Crippen LogP contribution in [0.15, 0.2) is 0 Å². The monoisotopic (exact) mass is 299 g/mol. The van der Waals surface area contributed by atoms with Crippen LogP contribution in [-0.4, -0.2) is 46.0 Å². The minimum atomic E-state index is -0.666. The number of amides is 1. The zero-order chi connectivity index (χ0) is 14.7. The third-order valence-corrected chi connectivity index (χ3v) is 4.42. The van der Waals surface area contributed by atoms with E-state index in [0.29, 0.717) is 10.6 Å². The molecule has 1 amide bonds. The number of ether oxygens (including phenoxy) is 1. The number of hydrogen-bond donors (Lipinski definition) is 2. The summed E-state index contributed by atoms with van der Waals surface area (Å²) in [5.74, 6) is -0.0537. The summed E-state index contributed by atoms with van der Waals surface area (Å²) in [6.45, 7) is 3.95. The number of carbonyl (C=O) groups excluding carboxylic acids is 1. The summed E-state index contributed by atoms with van der Waals surface area (Å²) in [6.07, 6.45) is 1.64. The first kappa shape index (κ1) is 15.3. The van der Waals surface area contributed by atoms with E-state index in [1.165, 1.54) is 0 Å². The molecular formula is C13H21N3O3S. The molecule has 1 fully saturated rings. The van der Waals surface area contributed by atoms with Gasteiger partial charge in [-0.25, -0.2) is 0 Å². The van der Waals surface area contributed by atoms with E-state index in [1.54, 1.807) is 7.11 Å². The van der Waals surface area contributed by atoms with Crippen LogP contribution >= 0.6 is 11.5 Å². The Kier molecular flexibility index (Phi) is 5.06. The summed E-state index contributed by atoms with van der Waals surface area (Å²) in [5, 5.41) is 17.1. The first-order valence-corrected chi connectivity index (χ1v) is 7.66. The Morgan fingerprint density at radius 1 is 1.50 bits per heavy atom. The van der Waals surface area contributed by atoms with Crippen molar-refractivity contribution >= 4 is 17.4 Å². The van der Waals surface area contributed by atoms with Crippen molar-refractivity contribution in [3.05, 3.63) is 10.6 Å². The smallest absolute Gasteiger partial charge is 0.265 e. The molecule has 0 unspecified atom stereocenters. The van der Waals surface area contributed by atoms with E-state index >= 15 is 0 Å². The van der Waals surface area contributed by atoms with Gasteiger partial charge in [-0.15, -0.1) is 5.10 Å². The average molecular weight is 299 g/mol. The lowest BCUT2D eigenvalue weighted by atomic mass is 9.90. The van der Waals surface area contributed by atoms with Gasteiger partial charge in [0, 0.05) is 7.11 Å². The van der Waals surface area contributed by atoms with Gasteiger partial charge >= 0.3 is 0 Å². The molecule has 0 saturated heterocycles. The highest BCUT2D eigenvalue weighted by Gasteiger charge is 2.33. The van der Waals surface area contributed by atoms with Crippen molar-refractivity contribution < 1.29 is 14.6 Å². The molecule has 0 aromatic carbocycles. The van der Waals surface area contributed by atoms with Crippen LogP contribution in [0.2, 0.25) is 0 Å². The second kappa shape index (κ2) is 6.60. The molecule has 6 nitrogen and oxygen atoms in total. The van der Waals surface area contributed by atoms with Gasteiger partial charge in [0.1, 0.15) is 11.0 Å². The normalized spacial score (nSPS) is 26.8. The van der Waals surface area contributed by atoms with Crippen LogP contribution in [0.1, 0.15) is 54.4 Å². The minimum absolute atomic E-state index is 0.150. The second-order valence-electron chi connectivity index (χ2n) is 5.42. The van der Waals surface area contributed by atoms with Gasteiger partial charge in [-0.2, -0.15) is 0 Å². The predicted octanol–water partition coefficient (Wildman–Crippen LogP) is 1.32. The van der Waals surface area contributed by atoms with Gasteiger partial charge in [-0.1, -0.05) is 18.3 Å². The number of aliphatic hydroxyl groups excluding tert-OH is 1. The van der Waals surface area contributed by atoms with Gasteiger partial charge < -0.3 is 15.2 Å². The van der Waals surface area contributed by atoms with E-state index in [4.69, 9.17) is 4.74 Å². The number of carbonyl (C=O) groups is 1. The Bertz CT molecular complexity index is 463. The Hall–Kier alpha value is -1.05. The number of nitrogens with one attached hydrogen (secondary N) is 1. The first-order valence-electron chi connectivity index (χ1n) is 6.88. The van der Waals surface area contributed by atoms with Crippen molar-refractivity contribution in [1.82, 2.24) is 14.9 Å². The SMILES string of the molecule is CO[C@@H]1CCC[C@@H](NC(=O)c2snnc2C(C)C)[C@H]1O. The minimum Gasteiger partial charge on any atom is -0.388 e. The molecule has 1 heterocycles. The molecule has 2 N–H and O–H groups in total. The fourth-order valence-corrected chi connectivity index (χ4v) is 3.24. The van der Waals surface area contributed by atoms with Gasteiger partial charge in [0.25, 0.3) is 5.91 Å². The lowest BCUT2D eigenvalue weighted by Gasteiger charge is -2.34. The molecule has 1 saturated carbocycles. The molecule has 3 atom stereocenters. The van der Waals surface area contributed by atoms with Crippen molar-refractivity contribution in [3.8, 4) is 0 Å². The highest BCUT2D eigenvalue weighted by molar-refractivity contribution is 7.08. The Balaban J connectivity index is 2.05. The standard InChI is InChI=1S/C13H21N3O3S/c1-7(2)10-12(20-16-15-10)13(18)14-8-5-4-6-9(19-3)11(8)17/h7-9,11,17H,4-6H2,1-3H3,(H,14,18)/t8-,9-,11-/m1/s1. The molecule has 0 bridgehead atoms. The fraction of sp³-hybridized carbons (Fsp3) is 0.769. The number of aromatic nitrogens is 2. The van der Waals surface area contributed by atoms with Crippen LogP contribution < -0.4 is 5.32 Å². The Morgan fingerprint density at radius 3 is 2.90 bits per heavy atom. The molecule has 7 heteroatoms. The highest BCUT2D eigenvalue weighted by Crippen LogP contribution is 2.23.